The maximum atomic E-state index is 11.3. The predicted molar refractivity (Wildman–Crippen MR) is 63.9 cm³/mol. The highest BCUT2D eigenvalue weighted by Gasteiger charge is 2.28. The van der Waals surface area contributed by atoms with Crippen LogP contribution in [-0.4, -0.2) is 64.5 Å². The Hall–Kier alpha value is -0.650. The van der Waals surface area contributed by atoms with Crippen LogP contribution < -0.4 is 0 Å². The van der Waals surface area contributed by atoms with Crippen molar-refractivity contribution < 1.29 is 19.0 Å². The molecule has 1 saturated heterocycles. The zero-order valence-electron chi connectivity index (χ0n) is 10.8. The van der Waals surface area contributed by atoms with Gasteiger partial charge in [-0.25, -0.2) is 0 Å². The molecule has 1 atom stereocenters. The summed E-state index contributed by atoms with van der Waals surface area (Å²) < 4.78 is 15.0. The van der Waals surface area contributed by atoms with Gasteiger partial charge in [0, 0.05) is 26.8 Å². The third-order valence-corrected chi connectivity index (χ3v) is 3.00. The smallest absolute Gasteiger partial charge is 0.310 e. The Morgan fingerprint density at radius 2 is 2.12 bits per heavy atom. The number of rotatable bonds is 8. The molecule has 1 unspecified atom stereocenters. The molecule has 0 aromatic heterocycles. The van der Waals surface area contributed by atoms with Gasteiger partial charge >= 0.3 is 5.97 Å². The number of carbonyl (C=O) groups is 1. The van der Waals surface area contributed by atoms with Gasteiger partial charge in [0.25, 0.3) is 0 Å². The van der Waals surface area contributed by atoms with Gasteiger partial charge in [-0.2, -0.15) is 0 Å². The monoisotopic (exact) mass is 245 g/mol. The number of methoxy groups -OCH3 is 2. The van der Waals surface area contributed by atoms with Crippen molar-refractivity contribution in [3.05, 3.63) is 0 Å². The SMILES string of the molecule is COCCOCCCN1CCC(C(=O)OC)C1. The van der Waals surface area contributed by atoms with Crippen molar-refractivity contribution in [1.82, 2.24) is 4.90 Å². The first-order valence-electron chi connectivity index (χ1n) is 6.14. The van der Waals surface area contributed by atoms with E-state index in [-0.39, 0.29) is 11.9 Å². The molecule has 1 heterocycles. The fourth-order valence-electron chi connectivity index (χ4n) is 2.03. The molecule has 1 aliphatic rings. The summed E-state index contributed by atoms with van der Waals surface area (Å²) in [4.78, 5) is 13.6. The van der Waals surface area contributed by atoms with Crippen LogP contribution in [-0.2, 0) is 19.0 Å². The first-order valence-corrected chi connectivity index (χ1v) is 6.14. The van der Waals surface area contributed by atoms with Gasteiger partial charge < -0.3 is 19.1 Å². The summed E-state index contributed by atoms with van der Waals surface area (Å²) in [7, 11) is 3.12. The zero-order valence-corrected chi connectivity index (χ0v) is 10.8. The van der Waals surface area contributed by atoms with Gasteiger partial charge in [-0.3, -0.25) is 4.79 Å². The summed E-state index contributed by atoms with van der Waals surface area (Å²) in [5, 5.41) is 0. The van der Waals surface area contributed by atoms with Crippen LogP contribution >= 0.6 is 0 Å². The number of hydrogen-bond acceptors (Lipinski definition) is 5. The number of carbonyl (C=O) groups excluding carboxylic acids is 1. The second kappa shape index (κ2) is 8.44. The number of nitrogens with zero attached hydrogens (tertiary/aromatic N) is 1. The van der Waals surface area contributed by atoms with E-state index in [9.17, 15) is 4.79 Å². The lowest BCUT2D eigenvalue weighted by Gasteiger charge is -2.15. The van der Waals surface area contributed by atoms with Gasteiger partial charge in [0.1, 0.15) is 0 Å². The highest BCUT2D eigenvalue weighted by atomic mass is 16.5. The molecule has 0 saturated carbocycles. The van der Waals surface area contributed by atoms with Crippen molar-refractivity contribution in [2.45, 2.75) is 12.8 Å². The van der Waals surface area contributed by atoms with E-state index in [1.807, 2.05) is 0 Å². The van der Waals surface area contributed by atoms with Crippen molar-refractivity contribution in [1.29, 1.82) is 0 Å². The van der Waals surface area contributed by atoms with Crippen molar-refractivity contribution in [2.75, 3.05) is 53.7 Å². The Kier molecular flexibility index (Phi) is 7.16. The molecule has 1 fully saturated rings. The molecule has 0 bridgehead atoms. The van der Waals surface area contributed by atoms with Crippen LogP contribution in [0.4, 0.5) is 0 Å². The summed E-state index contributed by atoms with van der Waals surface area (Å²) in [5.41, 5.74) is 0. The van der Waals surface area contributed by atoms with Crippen molar-refractivity contribution in [2.24, 2.45) is 5.92 Å². The van der Waals surface area contributed by atoms with Crippen LogP contribution in [0, 0.1) is 5.92 Å². The summed E-state index contributed by atoms with van der Waals surface area (Å²) >= 11 is 0. The maximum Gasteiger partial charge on any atom is 0.310 e. The average molecular weight is 245 g/mol. The summed E-state index contributed by atoms with van der Waals surface area (Å²) in [6.07, 6.45) is 1.91. The van der Waals surface area contributed by atoms with Gasteiger partial charge in [0.05, 0.1) is 26.2 Å². The minimum absolute atomic E-state index is 0.0643. The van der Waals surface area contributed by atoms with Crippen molar-refractivity contribution in [3.8, 4) is 0 Å². The Morgan fingerprint density at radius 1 is 1.29 bits per heavy atom. The molecule has 0 amide bonds. The lowest BCUT2D eigenvalue weighted by atomic mass is 10.1. The molecular formula is C12H23NO4. The van der Waals surface area contributed by atoms with Gasteiger partial charge in [-0.15, -0.1) is 0 Å². The van der Waals surface area contributed by atoms with Crippen LogP contribution in [0.3, 0.4) is 0 Å². The molecule has 0 aliphatic carbocycles. The molecule has 1 aliphatic heterocycles. The second-order valence-electron chi connectivity index (χ2n) is 4.27. The number of ether oxygens (including phenoxy) is 3. The second-order valence-corrected chi connectivity index (χ2v) is 4.27. The molecule has 17 heavy (non-hydrogen) atoms. The number of likely N-dealkylation sites (tertiary alicyclic amines) is 1. The van der Waals surface area contributed by atoms with Gasteiger partial charge in [-0.05, 0) is 19.4 Å². The van der Waals surface area contributed by atoms with Crippen LogP contribution in [0.25, 0.3) is 0 Å². The average Bonchev–Trinajstić information content (AvgIpc) is 2.81. The summed E-state index contributed by atoms with van der Waals surface area (Å²) in [5.74, 6) is -0.0155. The van der Waals surface area contributed by atoms with E-state index in [1.165, 1.54) is 7.11 Å². The van der Waals surface area contributed by atoms with E-state index in [0.29, 0.717) is 13.2 Å². The lowest BCUT2D eigenvalue weighted by Crippen LogP contribution is -2.25. The van der Waals surface area contributed by atoms with E-state index >= 15 is 0 Å². The minimum Gasteiger partial charge on any atom is -0.469 e. The van der Waals surface area contributed by atoms with Crippen LogP contribution in [0.5, 0.6) is 0 Å². The van der Waals surface area contributed by atoms with E-state index in [1.54, 1.807) is 7.11 Å². The van der Waals surface area contributed by atoms with E-state index in [4.69, 9.17) is 14.2 Å². The van der Waals surface area contributed by atoms with Crippen LogP contribution in [0.2, 0.25) is 0 Å². The van der Waals surface area contributed by atoms with Crippen LogP contribution in [0.15, 0.2) is 0 Å². The van der Waals surface area contributed by atoms with Gasteiger partial charge in [0.15, 0.2) is 0 Å². The standard InChI is InChI=1S/C12H23NO4/c1-15-8-9-17-7-3-5-13-6-4-11(10-13)12(14)16-2/h11H,3-10H2,1-2H3. The van der Waals surface area contributed by atoms with Crippen molar-refractivity contribution >= 4 is 5.97 Å². The molecule has 0 aromatic carbocycles. The molecule has 5 heteroatoms. The van der Waals surface area contributed by atoms with Crippen molar-refractivity contribution in [3.63, 3.8) is 0 Å². The molecular weight excluding hydrogens is 222 g/mol. The number of esters is 1. The van der Waals surface area contributed by atoms with E-state index < -0.39 is 0 Å². The fourth-order valence-corrected chi connectivity index (χ4v) is 2.03. The molecule has 1 rings (SSSR count). The summed E-state index contributed by atoms with van der Waals surface area (Å²) in [6.45, 7) is 4.85. The number of hydrogen-bond donors (Lipinski definition) is 0. The molecule has 5 nitrogen and oxygen atoms in total. The lowest BCUT2D eigenvalue weighted by molar-refractivity contribution is -0.144. The van der Waals surface area contributed by atoms with Crippen LogP contribution in [0.1, 0.15) is 12.8 Å². The molecule has 0 aromatic rings. The quantitative estimate of drug-likeness (QED) is 0.461. The highest BCUT2D eigenvalue weighted by molar-refractivity contribution is 5.72. The minimum atomic E-state index is -0.0798. The fraction of sp³-hybridized carbons (Fsp3) is 0.917. The van der Waals surface area contributed by atoms with Gasteiger partial charge in [0.2, 0.25) is 0 Å². The molecule has 100 valence electrons. The Morgan fingerprint density at radius 3 is 2.82 bits per heavy atom. The Labute approximate surface area is 103 Å². The Bertz CT molecular complexity index is 223. The first-order chi connectivity index (χ1) is 8.27. The molecule has 0 spiro atoms. The van der Waals surface area contributed by atoms with E-state index in [2.05, 4.69) is 4.90 Å². The third kappa shape index (κ3) is 5.48. The predicted octanol–water partition coefficient (Wildman–Crippen LogP) is 0.534. The first kappa shape index (κ1) is 14.4. The largest absolute Gasteiger partial charge is 0.469 e. The van der Waals surface area contributed by atoms with E-state index in [0.717, 1.165) is 39.1 Å². The van der Waals surface area contributed by atoms with Gasteiger partial charge in [-0.1, -0.05) is 0 Å². The normalized spacial score (nSPS) is 20.7. The summed E-state index contributed by atoms with van der Waals surface area (Å²) in [6, 6.07) is 0. The third-order valence-electron chi connectivity index (χ3n) is 3.00. The maximum absolute atomic E-state index is 11.3. The zero-order chi connectivity index (χ0) is 12.5. The topological polar surface area (TPSA) is 48.0 Å². The Balaban J connectivity index is 2.00. The highest BCUT2D eigenvalue weighted by Crippen LogP contribution is 2.17. The molecule has 0 N–H and O–H groups in total. The molecule has 0 radical (unpaired) electrons.